The van der Waals surface area contributed by atoms with Gasteiger partial charge in [0.25, 0.3) is 5.91 Å². The summed E-state index contributed by atoms with van der Waals surface area (Å²) < 4.78 is 29.5. The molecule has 0 aliphatic carbocycles. The Morgan fingerprint density at radius 3 is 2.14 bits per heavy atom. The summed E-state index contributed by atoms with van der Waals surface area (Å²) in [7, 11) is 4.83. The van der Waals surface area contributed by atoms with Crippen LogP contribution in [-0.4, -0.2) is 38.7 Å². The zero-order chi connectivity index (χ0) is 24.8. The maximum absolute atomic E-state index is 13.6. The summed E-state index contributed by atoms with van der Waals surface area (Å²) in [5.41, 5.74) is 2.47. The Bertz CT molecular complexity index is 1320. The van der Waals surface area contributed by atoms with Crippen LogP contribution in [-0.2, 0) is 13.0 Å². The number of ether oxygens (including phenoxy) is 3. The topological polar surface area (TPSA) is 48.0 Å². The Balaban J connectivity index is 1.60. The molecule has 0 aliphatic rings. The van der Waals surface area contributed by atoms with Gasteiger partial charge in [0.2, 0.25) is 0 Å². The largest absolute Gasteiger partial charge is 0.497 e. The number of carbonyl (C=O) groups is 1. The second kappa shape index (κ2) is 10.9. The second-order valence-electron chi connectivity index (χ2n) is 8.22. The second-order valence-corrected chi connectivity index (χ2v) is 8.22. The summed E-state index contributed by atoms with van der Waals surface area (Å²) in [5.74, 6) is 1.67. The molecule has 0 saturated carbocycles. The van der Waals surface area contributed by atoms with E-state index in [0.717, 1.165) is 27.6 Å². The minimum atomic E-state index is -0.304. The lowest BCUT2D eigenvalue weighted by Gasteiger charge is -2.24. The Morgan fingerprint density at radius 1 is 0.743 bits per heavy atom. The van der Waals surface area contributed by atoms with Gasteiger partial charge in [-0.3, -0.25) is 4.79 Å². The van der Waals surface area contributed by atoms with Crippen molar-refractivity contribution in [3.8, 4) is 17.2 Å². The number of benzene rings is 4. The van der Waals surface area contributed by atoms with Crippen molar-refractivity contribution in [2.45, 2.75) is 13.0 Å². The molecule has 0 aromatic heterocycles. The monoisotopic (exact) mass is 473 g/mol. The van der Waals surface area contributed by atoms with Crippen LogP contribution in [0.5, 0.6) is 17.2 Å². The molecule has 4 rings (SSSR count). The average molecular weight is 474 g/mol. The third kappa shape index (κ3) is 5.72. The van der Waals surface area contributed by atoms with Crippen LogP contribution in [0, 0.1) is 5.82 Å². The van der Waals surface area contributed by atoms with Crippen LogP contribution in [0.2, 0.25) is 0 Å². The van der Waals surface area contributed by atoms with E-state index in [9.17, 15) is 9.18 Å². The summed E-state index contributed by atoms with van der Waals surface area (Å²) in [4.78, 5) is 15.4. The SMILES string of the molecule is COc1ccc2cc(C(=O)N(CCc3ccc(OC)c(OC)c3)Cc3ccc(F)cc3)ccc2c1. The molecule has 0 radical (unpaired) electrons. The van der Waals surface area contributed by atoms with Gasteiger partial charge in [0, 0.05) is 18.7 Å². The van der Waals surface area contributed by atoms with E-state index in [0.29, 0.717) is 36.6 Å². The number of hydrogen-bond acceptors (Lipinski definition) is 4. The molecule has 5 nitrogen and oxygen atoms in total. The fourth-order valence-electron chi connectivity index (χ4n) is 4.03. The molecule has 4 aromatic carbocycles. The van der Waals surface area contributed by atoms with Crippen molar-refractivity contribution in [2.75, 3.05) is 27.9 Å². The molecule has 0 aliphatic heterocycles. The zero-order valence-electron chi connectivity index (χ0n) is 20.1. The third-order valence-electron chi connectivity index (χ3n) is 5.99. The van der Waals surface area contributed by atoms with Crippen LogP contribution in [0.1, 0.15) is 21.5 Å². The van der Waals surface area contributed by atoms with E-state index in [2.05, 4.69) is 0 Å². The number of rotatable bonds is 9. The fraction of sp³-hybridized carbons (Fsp3) is 0.207. The van der Waals surface area contributed by atoms with Crippen LogP contribution < -0.4 is 14.2 Å². The standard InChI is InChI=1S/C29H28FNO4/c1-33-26-12-9-22-17-24(8-7-23(22)18-26)29(32)31(19-21-4-10-25(30)11-5-21)15-14-20-6-13-27(34-2)28(16-20)35-3/h4-13,16-18H,14-15,19H2,1-3H3. The van der Waals surface area contributed by atoms with Crippen molar-refractivity contribution >= 4 is 16.7 Å². The Hall–Kier alpha value is -4.06. The zero-order valence-corrected chi connectivity index (χ0v) is 20.1. The number of amides is 1. The fourth-order valence-corrected chi connectivity index (χ4v) is 4.03. The third-order valence-corrected chi connectivity index (χ3v) is 5.99. The molecule has 1 amide bonds. The van der Waals surface area contributed by atoms with E-state index < -0.39 is 0 Å². The highest BCUT2D eigenvalue weighted by molar-refractivity contribution is 5.98. The summed E-state index contributed by atoms with van der Waals surface area (Å²) in [5, 5.41) is 1.95. The number of halogens is 1. The molecule has 0 N–H and O–H groups in total. The van der Waals surface area contributed by atoms with Gasteiger partial charge in [0.15, 0.2) is 11.5 Å². The van der Waals surface area contributed by atoms with Gasteiger partial charge < -0.3 is 19.1 Å². The van der Waals surface area contributed by atoms with E-state index >= 15 is 0 Å². The molecule has 0 bridgehead atoms. The summed E-state index contributed by atoms with van der Waals surface area (Å²) in [6, 6.07) is 23.4. The molecule has 0 heterocycles. The minimum absolute atomic E-state index is 0.0903. The van der Waals surface area contributed by atoms with E-state index in [1.165, 1.54) is 12.1 Å². The van der Waals surface area contributed by atoms with Gasteiger partial charge in [-0.05, 0) is 76.9 Å². The Morgan fingerprint density at radius 2 is 1.43 bits per heavy atom. The van der Waals surface area contributed by atoms with E-state index in [1.54, 1.807) is 38.4 Å². The van der Waals surface area contributed by atoms with Gasteiger partial charge in [-0.15, -0.1) is 0 Å². The highest BCUT2D eigenvalue weighted by atomic mass is 19.1. The maximum atomic E-state index is 13.6. The molecular weight excluding hydrogens is 445 g/mol. The highest BCUT2D eigenvalue weighted by Gasteiger charge is 2.18. The lowest BCUT2D eigenvalue weighted by atomic mass is 10.0. The molecule has 0 spiro atoms. The van der Waals surface area contributed by atoms with Gasteiger partial charge in [0.05, 0.1) is 21.3 Å². The molecular formula is C29H28FNO4. The predicted octanol–water partition coefficient (Wildman–Crippen LogP) is 5.89. The summed E-state index contributed by atoms with van der Waals surface area (Å²) in [6.45, 7) is 0.847. The first kappa shape index (κ1) is 24.1. The Kier molecular flexibility index (Phi) is 7.51. The first-order valence-corrected chi connectivity index (χ1v) is 11.3. The number of methoxy groups -OCH3 is 3. The van der Waals surface area contributed by atoms with Crippen LogP contribution in [0.15, 0.2) is 78.9 Å². The minimum Gasteiger partial charge on any atom is -0.497 e. The van der Waals surface area contributed by atoms with E-state index in [-0.39, 0.29) is 11.7 Å². The number of fused-ring (bicyclic) bond motifs is 1. The summed E-state index contributed by atoms with van der Waals surface area (Å²) in [6.07, 6.45) is 0.623. The molecule has 6 heteroatoms. The first-order chi connectivity index (χ1) is 17.0. The first-order valence-electron chi connectivity index (χ1n) is 11.3. The predicted molar refractivity (Wildman–Crippen MR) is 135 cm³/mol. The molecule has 35 heavy (non-hydrogen) atoms. The molecule has 0 fully saturated rings. The van der Waals surface area contributed by atoms with Gasteiger partial charge in [-0.2, -0.15) is 0 Å². The van der Waals surface area contributed by atoms with Crippen LogP contribution in [0.25, 0.3) is 10.8 Å². The van der Waals surface area contributed by atoms with Crippen molar-refractivity contribution in [2.24, 2.45) is 0 Å². The smallest absolute Gasteiger partial charge is 0.254 e. The average Bonchev–Trinajstić information content (AvgIpc) is 2.90. The van der Waals surface area contributed by atoms with Gasteiger partial charge >= 0.3 is 0 Å². The quantitative estimate of drug-likeness (QED) is 0.304. The highest BCUT2D eigenvalue weighted by Crippen LogP contribution is 2.28. The molecule has 0 atom stereocenters. The van der Waals surface area contributed by atoms with Gasteiger partial charge in [0.1, 0.15) is 11.6 Å². The normalized spacial score (nSPS) is 10.7. The van der Waals surface area contributed by atoms with Crippen LogP contribution in [0.3, 0.4) is 0 Å². The number of carbonyl (C=O) groups excluding carboxylic acids is 1. The van der Waals surface area contributed by atoms with Crippen LogP contribution >= 0.6 is 0 Å². The van der Waals surface area contributed by atoms with Crippen molar-refractivity contribution in [1.29, 1.82) is 0 Å². The molecule has 4 aromatic rings. The van der Waals surface area contributed by atoms with Crippen LogP contribution in [0.4, 0.5) is 4.39 Å². The molecule has 180 valence electrons. The molecule has 0 unspecified atom stereocenters. The molecule has 0 saturated heterocycles. The van der Waals surface area contributed by atoms with Gasteiger partial charge in [-0.25, -0.2) is 4.39 Å². The maximum Gasteiger partial charge on any atom is 0.254 e. The van der Waals surface area contributed by atoms with Crippen molar-refractivity contribution < 1.29 is 23.4 Å². The lowest BCUT2D eigenvalue weighted by molar-refractivity contribution is 0.0745. The van der Waals surface area contributed by atoms with Crippen molar-refractivity contribution in [3.05, 3.63) is 101 Å². The lowest BCUT2D eigenvalue weighted by Crippen LogP contribution is -2.32. The summed E-state index contributed by atoms with van der Waals surface area (Å²) >= 11 is 0. The number of nitrogens with zero attached hydrogens (tertiary/aromatic N) is 1. The Labute approximate surface area is 204 Å². The van der Waals surface area contributed by atoms with Crippen molar-refractivity contribution in [1.82, 2.24) is 4.90 Å². The van der Waals surface area contributed by atoms with E-state index in [1.807, 2.05) is 54.6 Å². The number of hydrogen-bond donors (Lipinski definition) is 0. The van der Waals surface area contributed by atoms with Crippen molar-refractivity contribution in [3.63, 3.8) is 0 Å². The van der Waals surface area contributed by atoms with Gasteiger partial charge in [-0.1, -0.05) is 30.3 Å². The van der Waals surface area contributed by atoms with E-state index in [4.69, 9.17) is 14.2 Å².